The first kappa shape index (κ1) is 26.1. The minimum atomic E-state index is -1.33. The number of aliphatic hydroxyl groups is 3. The minimum Gasteiger partial charge on any atom is -0.391 e. The molecule has 2 fully saturated rings. The third-order valence-corrected chi connectivity index (χ3v) is 7.16. The minimum absolute atomic E-state index is 0.0263. The van der Waals surface area contributed by atoms with E-state index in [0.29, 0.717) is 49.6 Å². The van der Waals surface area contributed by atoms with Crippen molar-refractivity contribution in [2.24, 2.45) is 17.6 Å². The summed E-state index contributed by atoms with van der Waals surface area (Å²) in [5.41, 5.74) is 4.73. The van der Waals surface area contributed by atoms with Crippen LogP contribution >= 0.6 is 0 Å². The summed E-state index contributed by atoms with van der Waals surface area (Å²) < 4.78 is 7.02. The molecule has 0 spiro atoms. The topological polar surface area (TPSA) is 154 Å². The predicted molar refractivity (Wildman–Crippen MR) is 124 cm³/mol. The molecule has 8 atom stereocenters. The summed E-state index contributed by atoms with van der Waals surface area (Å²) in [5, 5.41) is 32.0. The fourth-order valence-electron chi connectivity index (χ4n) is 5.63. The standard InChI is InChI=1S/C23H40N4O6/c1-13-10-14(2)18(26(3)11-13)16(28)7-8-17-19(29)20(30)22(33-17)27-12-15(6-4-5-9-24)21(31)25-23(27)32/h12-14,16-20,22,28-30H,4-11,24H2,1-3H3,(H,25,31,32). The zero-order valence-corrected chi connectivity index (χ0v) is 19.9. The van der Waals surface area contributed by atoms with Crippen LogP contribution in [0.1, 0.15) is 57.7 Å². The molecule has 33 heavy (non-hydrogen) atoms. The van der Waals surface area contributed by atoms with Crippen molar-refractivity contribution in [2.75, 3.05) is 20.1 Å². The van der Waals surface area contributed by atoms with Gasteiger partial charge in [-0.2, -0.15) is 0 Å². The summed E-state index contributed by atoms with van der Waals surface area (Å²) in [6.07, 6.45) is 0.109. The maximum Gasteiger partial charge on any atom is 0.330 e. The predicted octanol–water partition coefficient (Wildman–Crippen LogP) is -0.445. The number of likely N-dealkylation sites (N-methyl/N-ethyl adjacent to an activating group) is 1. The molecule has 10 nitrogen and oxygen atoms in total. The maximum absolute atomic E-state index is 12.4. The summed E-state index contributed by atoms with van der Waals surface area (Å²) in [5.74, 6) is 0.930. The number of aliphatic hydroxyl groups excluding tert-OH is 3. The average Bonchev–Trinajstić information content (AvgIpc) is 3.01. The largest absolute Gasteiger partial charge is 0.391 e. The van der Waals surface area contributed by atoms with Gasteiger partial charge in [-0.3, -0.25) is 14.3 Å². The van der Waals surface area contributed by atoms with Crippen molar-refractivity contribution >= 4 is 0 Å². The van der Waals surface area contributed by atoms with Crippen molar-refractivity contribution in [2.45, 2.75) is 89.1 Å². The highest BCUT2D eigenvalue weighted by Crippen LogP contribution is 2.33. The van der Waals surface area contributed by atoms with Gasteiger partial charge in [-0.05, 0) is 64.0 Å². The van der Waals surface area contributed by atoms with Crippen molar-refractivity contribution in [3.05, 3.63) is 32.6 Å². The number of unbranched alkanes of at least 4 members (excludes halogenated alkanes) is 1. The highest BCUT2D eigenvalue weighted by molar-refractivity contribution is 5.06. The second kappa shape index (κ2) is 11.2. The number of rotatable bonds is 9. The number of nitrogens with two attached hydrogens (primary N) is 1. The fourth-order valence-corrected chi connectivity index (χ4v) is 5.63. The van der Waals surface area contributed by atoms with Crippen LogP contribution in [0.15, 0.2) is 15.8 Å². The Kier molecular flexibility index (Phi) is 8.88. The van der Waals surface area contributed by atoms with Crippen molar-refractivity contribution in [3.63, 3.8) is 0 Å². The van der Waals surface area contributed by atoms with E-state index in [9.17, 15) is 24.9 Å². The number of H-pyrrole nitrogens is 1. The third kappa shape index (κ3) is 5.93. The van der Waals surface area contributed by atoms with Gasteiger partial charge in [-0.1, -0.05) is 13.8 Å². The van der Waals surface area contributed by atoms with Gasteiger partial charge in [0.25, 0.3) is 5.56 Å². The van der Waals surface area contributed by atoms with Gasteiger partial charge in [-0.25, -0.2) is 4.79 Å². The first-order valence-corrected chi connectivity index (χ1v) is 12.1. The SMILES string of the molecule is CC1CC(C)C(C(O)CCC2OC(n3cc(CCCCN)c(=O)[nH]c3=O)C(O)C2O)N(C)C1. The first-order valence-electron chi connectivity index (χ1n) is 12.1. The van der Waals surface area contributed by atoms with Crippen molar-refractivity contribution < 1.29 is 20.1 Å². The molecule has 0 aliphatic carbocycles. The van der Waals surface area contributed by atoms with E-state index in [1.165, 1.54) is 6.20 Å². The fraction of sp³-hybridized carbons (Fsp3) is 0.826. The third-order valence-electron chi connectivity index (χ3n) is 7.16. The summed E-state index contributed by atoms with van der Waals surface area (Å²) >= 11 is 0. The molecule has 6 N–H and O–H groups in total. The number of hydrogen-bond donors (Lipinski definition) is 5. The van der Waals surface area contributed by atoms with Gasteiger partial charge in [-0.15, -0.1) is 0 Å². The van der Waals surface area contributed by atoms with Gasteiger partial charge in [0.2, 0.25) is 0 Å². The van der Waals surface area contributed by atoms with Crippen LogP contribution in [0, 0.1) is 11.8 Å². The average molecular weight is 469 g/mol. The normalized spacial score (nSPS) is 34.0. The molecule has 0 saturated carbocycles. The molecule has 3 rings (SSSR count). The molecule has 8 unspecified atom stereocenters. The number of hydrogen-bond acceptors (Lipinski definition) is 8. The number of nitrogens with zero attached hydrogens (tertiary/aromatic N) is 2. The Labute approximate surface area is 194 Å². The van der Waals surface area contributed by atoms with Crippen LogP contribution in [0.4, 0.5) is 0 Å². The molecule has 1 aromatic heterocycles. The Bertz CT molecular complexity index is 876. The molecule has 3 heterocycles. The lowest BCUT2D eigenvalue weighted by Crippen LogP contribution is -2.51. The number of aromatic nitrogens is 2. The quantitative estimate of drug-likeness (QED) is 0.306. The number of likely N-dealkylation sites (tertiary alicyclic amines) is 1. The highest BCUT2D eigenvalue weighted by Gasteiger charge is 2.44. The lowest BCUT2D eigenvalue weighted by molar-refractivity contribution is -0.0526. The number of aromatic amines is 1. The molecule has 188 valence electrons. The Hall–Kier alpha value is -1.56. The van der Waals surface area contributed by atoms with Crippen LogP contribution < -0.4 is 17.0 Å². The summed E-state index contributed by atoms with van der Waals surface area (Å²) in [4.78, 5) is 29.0. The first-order chi connectivity index (χ1) is 15.6. The molecule has 2 aliphatic rings. The number of piperidine rings is 1. The number of nitrogens with one attached hydrogen (secondary N) is 1. The zero-order valence-electron chi connectivity index (χ0n) is 19.9. The Morgan fingerprint density at radius 3 is 2.64 bits per heavy atom. The molecule has 0 aromatic carbocycles. The van der Waals surface area contributed by atoms with Crippen LogP contribution in [0.25, 0.3) is 0 Å². The van der Waals surface area contributed by atoms with E-state index in [0.717, 1.165) is 24.0 Å². The van der Waals surface area contributed by atoms with E-state index in [1.807, 2.05) is 7.05 Å². The lowest BCUT2D eigenvalue weighted by atomic mass is 9.81. The zero-order chi connectivity index (χ0) is 24.3. The van der Waals surface area contributed by atoms with E-state index in [4.69, 9.17) is 10.5 Å². The molecule has 2 aliphatic heterocycles. The lowest BCUT2D eigenvalue weighted by Gasteiger charge is -2.43. The number of ether oxygens (including phenoxy) is 1. The Morgan fingerprint density at radius 2 is 1.97 bits per heavy atom. The van der Waals surface area contributed by atoms with E-state index in [2.05, 4.69) is 23.7 Å². The second-order valence-electron chi connectivity index (χ2n) is 10.0. The van der Waals surface area contributed by atoms with Crippen LogP contribution in [-0.2, 0) is 11.2 Å². The van der Waals surface area contributed by atoms with Crippen LogP contribution in [-0.4, -0.2) is 80.4 Å². The Morgan fingerprint density at radius 1 is 1.24 bits per heavy atom. The maximum atomic E-state index is 12.4. The summed E-state index contributed by atoms with van der Waals surface area (Å²) in [6.45, 7) is 5.80. The van der Waals surface area contributed by atoms with Gasteiger partial charge in [0.15, 0.2) is 6.23 Å². The summed E-state index contributed by atoms with van der Waals surface area (Å²) in [7, 11) is 2.02. The number of aryl methyl sites for hydroxylation is 1. The van der Waals surface area contributed by atoms with Gasteiger partial charge in [0.05, 0.1) is 12.2 Å². The smallest absolute Gasteiger partial charge is 0.330 e. The molecule has 10 heteroatoms. The molecular formula is C23H40N4O6. The van der Waals surface area contributed by atoms with Gasteiger partial charge < -0.3 is 30.7 Å². The van der Waals surface area contributed by atoms with Crippen LogP contribution in [0.5, 0.6) is 0 Å². The van der Waals surface area contributed by atoms with Crippen molar-refractivity contribution in [1.82, 2.24) is 14.5 Å². The highest BCUT2D eigenvalue weighted by atomic mass is 16.6. The Balaban J connectivity index is 1.67. The molecule has 2 saturated heterocycles. The van der Waals surface area contributed by atoms with Crippen LogP contribution in [0.2, 0.25) is 0 Å². The second-order valence-corrected chi connectivity index (χ2v) is 10.0. The van der Waals surface area contributed by atoms with E-state index < -0.39 is 41.9 Å². The van der Waals surface area contributed by atoms with E-state index in [-0.39, 0.29) is 6.04 Å². The van der Waals surface area contributed by atoms with E-state index in [1.54, 1.807) is 0 Å². The van der Waals surface area contributed by atoms with Crippen molar-refractivity contribution in [1.29, 1.82) is 0 Å². The molecule has 1 aromatic rings. The molecule has 0 radical (unpaired) electrons. The van der Waals surface area contributed by atoms with Crippen LogP contribution in [0.3, 0.4) is 0 Å². The monoisotopic (exact) mass is 468 g/mol. The summed E-state index contributed by atoms with van der Waals surface area (Å²) in [6, 6.07) is 0.0263. The molecule has 0 bridgehead atoms. The van der Waals surface area contributed by atoms with Crippen molar-refractivity contribution in [3.8, 4) is 0 Å². The molecule has 0 amide bonds. The van der Waals surface area contributed by atoms with Gasteiger partial charge in [0.1, 0.15) is 12.2 Å². The van der Waals surface area contributed by atoms with Gasteiger partial charge >= 0.3 is 5.69 Å². The van der Waals surface area contributed by atoms with Gasteiger partial charge in [0, 0.05) is 24.3 Å². The van der Waals surface area contributed by atoms with E-state index >= 15 is 0 Å². The molecular weight excluding hydrogens is 428 g/mol.